The summed E-state index contributed by atoms with van der Waals surface area (Å²) in [7, 11) is 0. The molecular formula is C16H17ClN4O. The number of pyridine rings is 2. The van der Waals surface area contributed by atoms with E-state index in [1.165, 1.54) is 0 Å². The van der Waals surface area contributed by atoms with E-state index < -0.39 is 0 Å². The summed E-state index contributed by atoms with van der Waals surface area (Å²) >= 11 is 6.17. The molecule has 22 heavy (non-hydrogen) atoms. The van der Waals surface area contributed by atoms with Crippen LogP contribution in [0.15, 0.2) is 43.0 Å². The molecule has 0 N–H and O–H groups in total. The molecule has 1 fully saturated rings. The molecule has 3 heterocycles. The highest BCUT2D eigenvalue weighted by Gasteiger charge is 2.22. The van der Waals surface area contributed by atoms with Crippen molar-refractivity contribution in [3.05, 3.63) is 53.6 Å². The second kappa shape index (κ2) is 6.75. The summed E-state index contributed by atoms with van der Waals surface area (Å²) in [5.41, 5.74) is 1.93. The third-order valence-electron chi connectivity index (χ3n) is 3.80. The Morgan fingerprint density at radius 1 is 1.09 bits per heavy atom. The maximum atomic E-state index is 12.3. The molecule has 6 heteroatoms. The van der Waals surface area contributed by atoms with Gasteiger partial charge in [-0.15, -0.1) is 0 Å². The molecule has 0 aliphatic carbocycles. The standard InChI is InChI=1S/C16H17ClN4O/c17-14-12-19-5-3-15(14)20-6-8-21(9-7-20)16(22)10-13-2-1-4-18-11-13/h1-5,11-12H,6-10H2. The summed E-state index contributed by atoms with van der Waals surface area (Å²) in [4.78, 5) is 24.5. The molecule has 1 saturated heterocycles. The van der Waals surface area contributed by atoms with Crippen LogP contribution in [0.4, 0.5) is 5.69 Å². The van der Waals surface area contributed by atoms with Crippen molar-refractivity contribution in [3.63, 3.8) is 0 Å². The van der Waals surface area contributed by atoms with E-state index in [0.29, 0.717) is 24.5 Å². The molecule has 0 spiro atoms. The number of amides is 1. The lowest BCUT2D eigenvalue weighted by molar-refractivity contribution is -0.130. The van der Waals surface area contributed by atoms with Crippen molar-refractivity contribution in [2.24, 2.45) is 0 Å². The van der Waals surface area contributed by atoms with Gasteiger partial charge in [-0.05, 0) is 17.7 Å². The van der Waals surface area contributed by atoms with E-state index in [9.17, 15) is 4.79 Å². The Bertz CT molecular complexity index is 642. The van der Waals surface area contributed by atoms with Crippen LogP contribution in [0.2, 0.25) is 5.02 Å². The number of hydrogen-bond donors (Lipinski definition) is 0. The van der Waals surface area contributed by atoms with Crippen LogP contribution < -0.4 is 4.90 Å². The lowest BCUT2D eigenvalue weighted by Gasteiger charge is -2.36. The smallest absolute Gasteiger partial charge is 0.227 e. The van der Waals surface area contributed by atoms with E-state index >= 15 is 0 Å². The van der Waals surface area contributed by atoms with Gasteiger partial charge < -0.3 is 9.80 Å². The van der Waals surface area contributed by atoms with Gasteiger partial charge in [0.1, 0.15) is 0 Å². The van der Waals surface area contributed by atoms with Gasteiger partial charge in [0.05, 0.1) is 17.1 Å². The van der Waals surface area contributed by atoms with Crippen molar-refractivity contribution >= 4 is 23.2 Å². The molecule has 0 atom stereocenters. The van der Waals surface area contributed by atoms with Gasteiger partial charge in [-0.25, -0.2) is 0 Å². The Balaban J connectivity index is 1.58. The molecule has 0 saturated carbocycles. The van der Waals surface area contributed by atoms with Crippen LogP contribution in [0, 0.1) is 0 Å². The summed E-state index contributed by atoms with van der Waals surface area (Å²) in [5.74, 6) is 0.147. The van der Waals surface area contributed by atoms with Gasteiger partial charge in [-0.3, -0.25) is 14.8 Å². The third-order valence-corrected chi connectivity index (χ3v) is 4.09. The Hall–Kier alpha value is -2.14. The van der Waals surface area contributed by atoms with Gasteiger partial charge in [0.15, 0.2) is 0 Å². The number of piperazine rings is 1. The summed E-state index contributed by atoms with van der Waals surface area (Å²) in [6.45, 7) is 2.97. The predicted octanol–water partition coefficient (Wildman–Crippen LogP) is 2.02. The van der Waals surface area contributed by atoms with Crippen LogP contribution in [-0.4, -0.2) is 47.0 Å². The summed E-state index contributed by atoms with van der Waals surface area (Å²) in [5, 5.41) is 0.651. The molecule has 0 bridgehead atoms. The average Bonchev–Trinajstić information content (AvgIpc) is 2.56. The molecule has 2 aromatic rings. The Morgan fingerprint density at radius 3 is 2.55 bits per heavy atom. The van der Waals surface area contributed by atoms with E-state index in [-0.39, 0.29) is 5.91 Å². The number of hydrogen-bond acceptors (Lipinski definition) is 4. The quantitative estimate of drug-likeness (QED) is 0.869. The first kappa shape index (κ1) is 14.8. The number of nitrogens with zero attached hydrogens (tertiary/aromatic N) is 4. The maximum Gasteiger partial charge on any atom is 0.227 e. The lowest BCUT2D eigenvalue weighted by atomic mass is 10.2. The second-order valence-electron chi connectivity index (χ2n) is 5.23. The number of carbonyl (C=O) groups is 1. The van der Waals surface area contributed by atoms with Crippen LogP contribution >= 0.6 is 11.6 Å². The van der Waals surface area contributed by atoms with Crippen LogP contribution in [0.1, 0.15) is 5.56 Å². The maximum absolute atomic E-state index is 12.3. The zero-order valence-corrected chi connectivity index (χ0v) is 12.9. The fourth-order valence-electron chi connectivity index (χ4n) is 2.61. The minimum Gasteiger partial charge on any atom is -0.367 e. The molecule has 114 valence electrons. The molecule has 0 unspecified atom stereocenters. The fraction of sp³-hybridized carbons (Fsp3) is 0.312. The highest BCUT2D eigenvalue weighted by atomic mass is 35.5. The van der Waals surface area contributed by atoms with Crippen LogP contribution in [0.25, 0.3) is 0 Å². The Morgan fingerprint density at radius 2 is 1.86 bits per heavy atom. The average molecular weight is 317 g/mol. The number of rotatable bonds is 3. The van der Waals surface area contributed by atoms with Crippen LogP contribution in [0.3, 0.4) is 0 Å². The number of halogens is 1. The largest absolute Gasteiger partial charge is 0.367 e. The highest BCUT2D eigenvalue weighted by Crippen LogP contribution is 2.25. The fourth-order valence-corrected chi connectivity index (χ4v) is 2.85. The number of aromatic nitrogens is 2. The summed E-state index contributed by atoms with van der Waals surface area (Å²) in [6, 6.07) is 5.69. The van der Waals surface area contributed by atoms with Crippen molar-refractivity contribution < 1.29 is 4.79 Å². The summed E-state index contributed by atoms with van der Waals surface area (Å²) in [6.07, 6.45) is 7.25. The van der Waals surface area contributed by atoms with Gasteiger partial charge in [0.25, 0.3) is 0 Å². The zero-order chi connectivity index (χ0) is 15.4. The van der Waals surface area contributed by atoms with Gasteiger partial charge >= 0.3 is 0 Å². The Labute approximate surface area is 134 Å². The van der Waals surface area contributed by atoms with Gasteiger partial charge in [0, 0.05) is 51.0 Å². The molecule has 0 aromatic carbocycles. The Kier molecular flexibility index (Phi) is 4.53. The molecule has 0 radical (unpaired) electrons. The third kappa shape index (κ3) is 3.36. The monoisotopic (exact) mass is 316 g/mol. The summed E-state index contributed by atoms with van der Waals surface area (Å²) < 4.78 is 0. The van der Waals surface area contributed by atoms with E-state index in [1.54, 1.807) is 24.8 Å². The van der Waals surface area contributed by atoms with E-state index in [2.05, 4.69) is 14.9 Å². The van der Waals surface area contributed by atoms with E-state index in [1.807, 2.05) is 23.1 Å². The van der Waals surface area contributed by atoms with E-state index in [4.69, 9.17) is 11.6 Å². The molecule has 1 aliphatic heterocycles. The zero-order valence-electron chi connectivity index (χ0n) is 12.2. The molecule has 5 nitrogen and oxygen atoms in total. The van der Waals surface area contributed by atoms with Crippen molar-refractivity contribution in [1.29, 1.82) is 0 Å². The van der Waals surface area contributed by atoms with Gasteiger partial charge in [-0.1, -0.05) is 17.7 Å². The number of anilines is 1. The minimum atomic E-state index is 0.147. The highest BCUT2D eigenvalue weighted by molar-refractivity contribution is 6.33. The molecule has 3 rings (SSSR count). The predicted molar refractivity (Wildman–Crippen MR) is 86.0 cm³/mol. The second-order valence-corrected chi connectivity index (χ2v) is 5.64. The molecule has 2 aromatic heterocycles. The molecule has 1 amide bonds. The first-order valence-corrected chi connectivity index (χ1v) is 7.63. The van der Waals surface area contributed by atoms with Gasteiger partial charge in [0.2, 0.25) is 5.91 Å². The van der Waals surface area contributed by atoms with Gasteiger partial charge in [-0.2, -0.15) is 0 Å². The minimum absolute atomic E-state index is 0.147. The van der Waals surface area contributed by atoms with Crippen molar-refractivity contribution in [2.75, 3.05) is 31.1 Å². The molecule has 1 aliphatic rings. The van der Waals surface area contributed by atoms with Crippen molar-refractivity contribution in [1.82, 2.24) is 14.9 Å². The normalized spacial score (nSPS) is 15.0. The van der Waals surface area contributed by atoms with Crippen molar-refractivity contribution in [3.8, 4) is 0 Å². The lowest BCUT2D eigenvalue weighted by Crippen LogP contribution is -2.49. The first-order valence-electron chi connectivity index (χ1n) is 7.25. The van der Waals surface area contributed by atoms with Crippen LogP contribution in [0.5, 0.6) is 0 Å². The van der Waals surface area contributed by atoms with E-state index in [0.717, 1.165) is 24.3 Å². The topological polar surface area (TPSA) is 49.3 Å². The first-order chi connectivity index (χ1) is 10.7. The SMILES string of the molecule is O=C(Cc1cccnc1)N1CCN(c2ccncc2Cl)CC1. The van der Waals surface area contributed by atoms with Crippen LogP contribution in [-0.2, 0) is 11.2 Å². The number of carbonyl (C=O) groups excluding carboxylic acids is 1. The van der Waals surface area contributed by atoms with Crippen molar-refractivity contribution in [2.45, 2.75) is 6.42 Å². The molecular weight excluding hydrogens is 300 g/mol.